The number of nitrogens with one attached hydrogen (secondary N) is 1. The Morgan fingerprint density at radius 1 is 1.25 bits per heavy atom. The van der Waals surface area contributed by atoms with Crippen LogP contribution in [-0.4, -0.2) is 58.0 Å². The van der Waals surface area contributed by atoms with Crippen molar-refractivity contribution < 1.29 is 9.53 Å². The molecule has 0 bridgehead atoms. The van der Waals surface area contributed by atoms with E-state index in [2.05, 4.69) is 20.3 Å². The Hall–Kier alpha value is -3.35. The standard InChI is InChI=1S/C20H22N6O2/c1-14-2-4-16(5-3-14)26-19(21)23-20(24-26)22-18-7-6-17(12-15(18)13-27)25-8-10-28-11-9-25/h2-7,12,18H,8-11H2,1H3,(H3,21,22,23,24). The predicted octanol–water partition coefficient (Wildman–Crippen LogP) is 1.48. The molecule has 1 saturated heterocycles. The second-order valence-electron chi connectivity index (χ2n) is 6.75. The maximum Gasteiger partial charge on any atom is 0.245 e. The number of aryl methyl sites for hydroxylation is 1. The zero-order valence-corrected chi connectivity index (χ0v) is 15.6. The van der Waals surface area contributed by atoms with Crippen molar-refractivity contribution in [2.24, 2.45) is 0 Å². The third-order valence-corrected chi connectivity index (χ3v) is 4.79. The number of nitrogens with two attached hydrogens (primary N) is 1. The van der Waals surface area contributed by atoms with Gasteiger partial charge in [0.2, 0.25) is 11.9 Å². The van der Waals surface area contributed by atoms with E-state index in [1.165, 1.54) is 0 Å². The second kappa shape index (κ2) is 7.72. The Morgan fingerprint density at radius 3 is 2.71 bits per heavy atom. The average Bonchev–Trinajstić information content (AvgIpc) is 3.09. The summed E-state index contributed by atoms with van der Waals surface area (Å²) in [5.41, 5.74) is 9.47. The van der Waals surface area contributed by atoms with Gasteiger partial charge in [0, 0.05) is 18.8 Å². The molecule has 2 aliphatic rings. The fraction of sp³-hybridized carbons (Fsp3) is 0.300. The summed E-state index contributed by atoms with van der Waals surface area (Å²) in [5, 5.41) is 7.58. The molecule has 1 aromatic carbocycles. The number of allylic oxidation sites excluding steroid dienone is 1. The minimum absolute atomic E-state index is 0.271. The van der Waals surface area contributed by atoms with E-state index in [4.69, 9.17) is 10.5 Å². The number of rotatable bonds is 4. The van der Waals surface area contributed by atoms with Gasteiger partial charge in [-0.1, -0.05) is 23.8 Å². The van der Waals surface area contributed by atoms with E-state index in [1.54, 1.807) is 4.68 Å². The van der Waals surface area contributed by atoms with Crippen molar-refractivity contribution in [3.05, 3.63) is 59.3 Å². The van der Waals surface area contributed by atoms with Crippen molar-refractivity contribution in [3.63, 3.8) is 0 Å². The van der Waals surface area contributed by atoms with Gasteiger partial charge in [-0.25, -0.2) is 4.79 Å². The van der Waals surface area contributed by atoms with Gasteiger partial charge in [0.25, 0.3) is 0 Å². The fourth-order valence-corrected chi connectivity index (χ4v) is 3.23. The number of hydrogen-bond donors (Lipinski definition) is 2. The topological polar surface area (TPSA) is 98.3 Å². The van der Waals surface area contributed by atoms with E-state index in [9.17, 15) is 4.79 Å². The lowest BCUT2D eigenvalue weighted by molar-refractivity contribution is 0.0553. The smallest absolute Gasteiger partial charge is 0.245 e. The fourth-order valence-electron chi connectivity index (χ4n) is 3.23. The molecule has 28 heavy (non-hydrogen) atoms. The van der Waals surface area contributed by atoms with E-state index in [0.717, 1.165) is 30.0 Å². The molecular weight excluding hydrogens is 356 g/mol. The zero-order valence-electron chi connectivity index (χ0n) is 15.6. The number of benzene rings is 1. The van der Waals surface area contributed by atoms with Gasteiger partial charge in [-0.2, -0.15) is 9.67 Å². The number of nitrogen functional groups attached to an aromatic ring is 1. The first-order valence-corrected chi connectivity index (χ1v) is 9.18. The monoisotopic (exact) mass is 378 g/mol. The van der Waals surface area contributed by atoms with Crippen LogP contribution in [-0.2, 0) is 9.53 Å². The summed E-state index contributed by atoms with van der Waals surface area (Å²) in [7, 11) is 0. The minimum atomic E-state index is -0.365. The molecule has 1 aliphatic carbocycles. The Labute approximate surface area is 163 Å². The highest BCUT2D eigenvalue weighted by Crippen LogP contribution is 2.22. The molecule has 1 aliphatic heterocycles. The van der Waals surface area contributed by atoms with Crippen molar-refractivity contribution in [3.8, 4) is 5.69 Å². The van der Waals surface area contributed by atoms with Crippen LogP contribution in [0.5, 0.6) is 0 Å². The van der Waals surface area contributed by atoms with Crippen molar-refractivity contribution in [2.75, 3.05) is 37.4 Å². The van der Waals surface area contributed by atoms with Gasteiger partial charge in [-0.05, 0) is 31.2 Å². The summed E-state index contributed by atoms with van der Waals surface area (Å²) in [6, 6.07) is 7.46. The zero-order chi connectivity index (χ0) is 19.5. The predicted molar refractivity (Wildman–Crippen MR) is 107 cm³/mol. The normalized spacial score (nSPS) is 19.3. The SMILES string of the molecule is Cc1ccc(-n2nc(NC3C=CC(N4CCOCC4)=CC3=C=O)nc2N)cc1. The van der Waals surface area contributed by atoms with Crippen LogP contribution in [0.25, 0.3) is 5.69 Å². The number of anilines is 2. The van der Waals surface area contributed by atoms with Crippen LogP contribution in [0.15, 0.2) is 53.8 Å². The van der Waals surface area contributed by atoms with Crippen LogP contribution in [0, 0.1) is 6.92 Å². The van der Waals surface area contributed by atoms with Crippen LogP contribution in [0.1, 0.15) is 5.56 Å². The average molecular weight is 378 g/mol. The summed E-state index contributed by atoms with van der Waals surface area (Å²) in [5.74, 6) is 2.65. The number of carbonyl (C=O) groups excluding carboxylic acids is 1. The molecule has 1 aromatic heterocycles. The van der Waals surface area contributed by atoms with Gasteiger partial charge < -0.3 is 20.7 Å². The second-order valence-corrected chi connectivity index (χ2v) is 6.75. The third-order valence-electron chi connectivity index (χ3n) is 4.79. The summed E-state index contributed by atoms with van der Waals surface area (Å²) >= 11 is 0. The van der Waals surface area contributed by atoms with E-state index < -0.39 is 0 Å². The number of aromatic nitrogens is 3. The van der Waals surface area contributed by atoms with Gasteiger partial charge in [-0.3, -0.25) is 0 Å². The summed E-state index contributed by atoms with van der Waals surface area (Å²) < 4.78 is 6.94. The van der Waals surface area contributed by atoms with Gasteiger partial charge in [-0.15, -0.1) is 5.10 Å². The van der Waals surface area contributed by atoms with Crippen molar-refractivity contribution in [1.29, 1.82) is 0 Å². The molecule has 1 unspecified atom stereocenters. The first-order valence-electron chi connectivity index (χ1n) is 9.18. The van der Waals surface area contributed by atoms with E-state index in [-0.39, 0.29) is 12.0 Å². The van der Waals surface area contributed by atoms with Crippen molar-refractivity contribution in [2.45, 2.75) is 13.0 Å². The molecule has 0 radical (unpaired) electrons. The Kier molecular flexibility index (Phi) is 4.97. The Bertz CT molecular complexity index is 963. The van der Waals surface area contributed by atoms with Crippen LogP contribution in [0.3, 0.4) is 0 Å². The molecular formula is C20H22N6O2. The molecule has 8 nitrogen and oxygen atoms in total. The van der Waals surface area contributed by atoms with E-state index in [0.29, 0.717) is 24.7 Å². The Morgan fingerprint density at radius 2 is 2.00 bits per heavy atom. The quantitative estimate of drug-likeness (QED) is 0.778. The number of nitrogens with zero attached hydrogens (tertiary/aromatic N) is 4. The summed E-state index contributed by atoms with van der Waals surface area (Å²) in [6.45, 7) is 5.00. The molecule has 0 spiro atoms. The van der Waals surface area contributed by atoms with Crippen LogP contribution < -0.4 is 11.1 Å². The maximum atomic E-state index is 11.5. The van der Waals surface area contributed by atoms with Gasteiger partial charge >= 0.3 is 0 Å². The van der Waals surface area contributed by atoms with Crippen LogP contribution >= 0.6 is 0 Å². The highest BCUT2D eigenvalue weighted by molar-refractivity contribution is 5.65. The summed E-state index contributed by atoms with van der Waals surface area (Å²) in [6.07, 6.45) is 5.74. The first kappa shape index (κ1) is 18.0. The highest BCUT2D eigenvalue weighted by Gasteiger charge is 2.21. The molecule has 0 saturated carbocycles. The Balaban J connectivity index is 1.51. The lowest BCUT2D eigenvalue weighted by Gasteiger charge is -2.31. The van der Waals surface area contributed by atoms with E-state index in [1.807, 2.05) is 55.4 Å². The lowest BCUT2D eigenvalue weighted by Crippen LogP contribution is -2.36. The molecule has 3 N–H and O–H groups in total. The van der Waals surface area contributed by atoms with Crippen LogP contribution in [0.2, 0.25) is 0 Å². The van der Waals surface area contributed by atoms with Crippen molar-refractivity contribution >= 4 is 17.8 Å². The molecule has 0 amide bonds. The molecule has 144 valence electrons. The highest BCUT2D eigenvalue weighted by atomic mass is 16.5. The first-order chi connectivity index (χ1) is 13.6. The van der Waals surface area contributed by atoms with Gasteiger partial charge in [0.05, 0.1) is 30.5 Å². The maximum absolute atomic E-state index is 11.5. The van der Waals surface area contributed by atoms with Gasteiger partial charge in [0.1, 0.15) is 5.94 Å². The molecule has 1 atom stereocenters. The van der Waals surface area contributed by atoms with Gasteiger partial charge in [0.15, 0.2) is 0 Å². The van der Waals surface area contributed by atoms with E-state index >= 15 is 0 Å². The largest absolute Gasteiger partial charge is 0.378 e. The lowest BCUT2D eigenvalue weighted by atomic mass is 10.0. The molecule has 8 heteroatoms. The molecule has 2 aromatic rings. The summed E-state index contributed by atoms with van der Waals surface area (Å²) in [4.78, 5) is 18.0. The molecule has 2 heterocycles. The van der Waals surface area contributed by atoms with Crippen molar-refractivity contribution in [1.82, 2.24) is 19.7 Å². The van der Waals surface area contributed by atoms with Crippen LogP contribution in [0.4, 0.5) is 11.9 Å². The number of morpholine rings is 1. The molecule has 4 rings (SSSR count). The third kappa shape index (κ3) is 3.69. The number of ether oxygens (including phenoxy) is 1. The number of hydrogen-bond acceptors (Lipinski definition) is 7. The minimum Gasteiger partial charge on any atom is -0.378 e. The molecule has 1 fully saturated rings.